The van der Waals surface area contributed by atoms with Crippen molar-refractivity contribution >= 4 is 29.1 Å². The van der Waals surface area contributed by atoms with Gasteiger partial charge in [-0.1, -0.05) is 22.8 Å². The Hall–Kier alpha value is -3.73. The van der Waals surface area contributed by atoms with Gasteiger partial charge in [0, 0.05) is 16.4 Å². The molecule has 4 rings (SSSR count). The normalized spacial score (nSPS) is 15.2. The highest BCUT2D eigenvalue weighted by atomic mass is 35.5. The molecule has 0 saturated heterocycles. The zero-order valence-corrected chi connectivity index (χ0v) is 18.3. The minimum Gasteiger partial charge on any atom is -0.490 e. The summed E-state index contributed by atoms with van der Waals surface area (Å²) < 4.78 is 37.1. The second kappa shape index (κ2) is 9.41. The highest BCUT2D eigenvalue weighted by Gasteiger charge is 2.34. The Morgan fingerprint density at radius 3 is 2.70 bits per heavy atom. The molecule has 1 aliphatic heterocycles. The number of aromatic nitrogens is 4. The van der Waals surface area contributed by atoms with Crippen molar-refractivity contribution in [3.8, 4) is 11.5 Å². The number of rotatable bonds is 7. The van der Waals surface area contributed by atoms with Gasteiger partial charge in [-0.05, 0) is 66.2 Å². The van der Waals surface area contributed by atoms with Gasteiger partial charge < -0.3 is 20.1 Å². The van der Waals surface area contributed by atoms with Crippen molar-refractivity contribution in [3.63, 3.8) is 0 Å². The molecule has 2 heterocycles. The Labute approximate surface area is 192 Å². The van der Waals surface area contributed by atoms with Crippen LogP contribution in [-0.2, 0) is 4.79 Å². The number of nitrogens with zero attached hydrogens (tertiary/aromatic N) is 4. The van der Waals surface area contributed by atoms with Crippen molar-refractivity contribution in [1.82, 2.24) is 20.2 Å². The van der Waals surface area contributed by atoms with Crippen molar-refractivity contribution in [2.75, 3.05) is 17.2 Å². The van der Waals surface area contributed by atoms with E-state index in [1.807, 2.05) is 0 Å². The number of benzene rings is 2. The summed E-state index contributed by atoms with van der Waals surface area (Å²) in [5, 5.41) is 18.0. The van der Waals surface area contributed by atoms with E-state index < -0.39 is 18.6 Å². The molecule has 1 unspecified atom stereocenters. The highest BCUT2D eigenvalue weighted by molar-refractivity contribution is 6.30. The Balaban J connectivity index is 1.76. The third-order valence-electron chi connectivity index (χ3n) is 4.86. The standard InChI is InChI=1S/C21H19ClF2N6O3/c1-3-32-16-10-12(4-9-15(16)33-20(23)24)18-17(11(2)25-21-27-28-29-30(18)21)19(31)26-14-7-5-13(22)6-8-14/h4-10,18,20H,3H2,1-2H3,(H,26,31)(H,25,27,29). The highest BCUT2D eigenvalue weighted by Crippen LogP contribution is 2.39. The van der Waals surface area contributed by atoms with Gasteiger partial charge in [-0.15, -0.1) is 0 Å². The van der Waals surface area contributed by atoms with Crippen LogP contribution in [0.1, 0.15) is 25.5 Å². The summed E-state index contributed by atoms with van der Waals surface area (Å²) in [6.45, 7) is 0.657. The molecule has 1 amide bonds. The fourth-order valence-corrected chi connectivity index (χ4v) is 3.63. The smallest absolute Gasteiger partial charge is 0.387 e. The van der Waals surface area contributed by atoms with Gasteiger partial charge in [-0.3, -0.25) is 4.79 Å². The van der Waals surface area contributed by atoms with Crippen molar-refractivity contribution in [2.45, 2.75) is 26.5 Å². The molecule has 172 valence electrons. The first-order chi connectivity index (χ1) is 15.9. The van der Waals surface area contributed by atoms with Crippen LogP contribution in [0.3, 0.4) is 0 Å². The van der Waals surface area contributed by atoms with Gasteiger partial charge >= 0.3 is 6.61 Å². The van der Waals surface area contributed by atoms with E-state index in [1.165, 1.54) is 16.8 Å². The van der Waals surface area contributed by atoms with Crippen molar-refractivity contribution in [3.05, 3.63) is 64.3 Å². The Morgan fingerprint density at radius 2 is 2.00 bits per heavy atom. The number of allylic oxidation sites excluding steroid dienone is 1. The van der Waals surface area contributed by atoms with Gasteiger partial charge in [0.2, 0.25) is 5.95 Å². The van der Waals surface area contributed by atoms with Crippen LogP contribution in [0.15, 0.2) is 53.7 Å². The molecule has 0 bridgehead atoms. The largest absolute Gasteiger partial charge is 0.490 e. The number of ether oxygens (including phenoxy) is 2. The summed E-state index contributed by atoms with van der Waals surface area (Å²) in [5.74, 6) is -0.0846. The van der Waals surface area contributed by atoms with Crippen LogP contribution in [0.5, 0.6) is 11.5 Å². The van der Waals surface area contributed by atoms with E-state index in [4.69, 9.17) is 16.3 Å². The Bertz CT molecular complexity index is 1200. The molecule has 3 aromatic rings. The maximum absolute atomic E-state index is 13.3. The lowest BCUT2D eigenvalue weighted by molar-refractivity contribution is -0.113. The SMILES string of the molecule is CCOc1cc(C2C(C(=O)Nc3ccc(Cl)cc3)=C(C)Nc3nnnn32)ccc1OC(F)F. The zero-order valence-electron chi connectivity index (χ0n) is 17.6. The van der Waals surface area contributed by atoms with Crippen LogP contribution in [-0.4, -0.2) is 39.3 Å². The Morgan fingerprint density at radius 1 is 1.24 bits per heavy atom. The molecule has 0 spiro atoms. The predicted molar refractivity (Wildman–Crippen MR) is 117 cm³/mol. The summed E-state index contributed by atoms with van der Waals surface area (Å²) in [4.78, 5) is 13.3. The molecule has 1 aliphatic rings. The monoisotopic (exact) mass is 476 g/mol. The second-order valence-electron chi connectivity index (χ2n) is 6.99. The Kier molecular flexibility index (Phi) is 6.40. The molecular weight excluding hydrogens is 458 g/mol. The molecule has 2 N–H and O–H groups in total. The summed E-state index contributed by atoms with van der Waals surface area (Å²) in [6.07, 6.45) is 0. The number of carbonyl (C=O) groups is 1. The first-order valence-corrected chi connectivity index (χ1v) is 10.3. The predicted octanol–water partition coefficient (Wildman–Crippen LogP) is 4.25. The maximum Gasteiger partial charge on any atom is 0.387 e. The van der Waals surface area contributed by atoms with Gasteiger partial charge in [0.1, 0.15) is 6.04 Å². The molecule has 0 saturated carbocycles. The van der Waals surface area contributed by atoms with Gasteiger partial charge in [0.15, 0.2) is 11.5 Å². The van der Waals surface area contributed by atoms with E-state index >= 15 is 0 Å². The van der Waals surface area contributed by atoms with Crippen LogP contribution in [0, 0.1) is 0 Å². The lowest BCUT2D eigenvalue weighted by atomic mass is 9.94. The zero-order chi connectivity index (χ0) is 23.5. The molecule has 0 radical (unpaired) electrons. The van der Waals surface area contributed by atoms with E-state index in [-0.39, 0.29) is 18.1 Å². The van der Waals surface area contributed by atoms with Gasteiger partial charge in [0.05, 0.1) is 12.2 Å². The van der Waals surface area contributed by atoms with E-state index in [1.54, 1.807) is 44.2 Å². The summed E-state index contributed by atoms with van der Waals surface area (Å²) in [5.41, 5.74) is 1.94. The number of amides is 1. The van der Waals surface area contributed by atoms with Crippen LogP contribution < -0.4 is 20.1 Å². The van der Waals surface area contributed by atoms with Crippen LogP contribution in [0.4, 0.5) is 20.4 Å². The number of hydrogen-bond donors (Lipinski definition) is 2. The quantitative estimate of drug-likeness (QED) is 0.525. The molecule has 9 nitrogen and oxygen atoms in total. The number of tetrazole rings is 1. The number of alkyl halides is 2. The first-order valence-electron chi connectivity index (χ1n) is 9.91. The molecule has 1 aromatic heterocycles. The minimum atomic E-state index is -3.01. The molecule has 1 atom stereocenters. The van der Waals surface area contributed by atoms with E-state index in [9.17, 15) is 13.6 Å². The van der Waals surface area contributed by atoms with Crippen molar-refractivity contribution < 1.29 is 23.0 Å². The van der Waals surface area contributed by atoms with Crippen LogP contribution in [0.25, 0.3) is 0 Å². The summed E-state index contributed by atoms with van der Waals surface area (Å²) in [7, 11) is 0. The van der Waals surface area contributed by atoms with Gasteiger partial charge in [0.25, 0.3) is 5.91 Å². The molecule has 33 heavy (non-hydrogen) atoms. The van der Waals surface area contributed by atoms with Crippen LogP contribution >= 0.6 is 11.6 Å². The van der Waals surface area contributed by atoms with Crippen molar-refractivity contribution in [2.24, 2.45) is 0 Å². The number of nitrogens with one attached hydrogen (secondary N) is 2. The average Bonchev–Trinajstić information content (AvgIpc) is 3.23. The third-order valence-corrected chi connectivity index (χ3v) is 5.11. The maximum atomic E-state index is 13.3. The number of fused-ring (bicyclic) bond motifs is 1. The molecule has 2 aromatic carbocycles. The molecular formula is C21H19ClF2N6O3. The number of carbonyl (C=O) groups excluding carboxylic acids is 1. The average molecular weight is 477 g/mol. The number of anilines is 2. The van der Waals surface area contributed by atoms with E-state index in [0.29, 0.717) is 33.5 Å². The fourth-order valence-electron chi connectivity index (χ4n) is 3.50. The summed E-state index contributed by atoms with van der Waals surface area (Å²) in [6, 6.07) is 10.4. The fraction of sp³-hybridized carbons (Fsp3) is 0.238. The van der Waals surface area contributed by atoms with Gasteiger partial charge in [-0.2, -0.15) is 13.5 Å². The van der Waals surface area contributed by atoms with Gasteiger partial charge in [-0.25, -0.2) is 0 Å². The van der Waals surface area contributed by atoms with Crippen LogP contribution in [0.2, 0.25) is 5.02 Å². The number of hydrogen-bond acceptors (Lipinski definition) is 7. The van der Waals surface area contributed by atoms with Crippen molar-refractivity contribution in [1.29, 1.82) is 0 Å². The molecule has 0 fully saturated rings. The van der Waals surface area contributed by atoms with E-state index in [0.717, 1.165) is 0 Å². The lowest BCUT2D eigenvalue weighted by Crippen LogP contribution is -2.31. The first kappa shape index (κ1) is 22.5. The summed E-state index contributed by atoms with van der Waals surface area (Å²) >= 11 is 5.93. The molecule has 12 heteroatoms. The minimum absolute atomic E-state index is 0.110. The third kappa shape index (κ3) is 4.72. The lowest BCUT2D eigenvalue weighted by Gasteiger charge is -2.28. The second-order valence-corrected chi connectivity index (χ2v) is 7.43. The number of halogens is 3. The molecule has 0 aliphatic carbocycles. The van der Waals surface area contributed by atoms with E-state index in [2.05, 4.69) is 30.9 Å². The topological polar surface area (TPSA) is 103 Å².